The molecule has 3 amide bonds. The zero-order valence-corrected chi connectivity index (χ0v) is 19.0. The van der Waals surface area contributed by atoms with Crippen LogP contribution in [-0.2, 0) is 33.4 Å². The van der Waals surface area contributed by atoms with Crippen LogP contribution < -0.4 is 16.4 Å². The SMILES string of the molecule is NC(=O)CNC(=O)CCCCOCCOCCCCCOCCCCNC(=O)/C=C\C=O. The Bertz CT molecular complexity index is 542. The fraction of sp³-hybridized carbons (Fsp3) is 0.727. The van der Waals surface area contributed by atoms with Crippen molar-refractivity contribution in [2.24, 2.45) is 5.73 Å². The van der Waals surface area contributed by atoms with Crippen molar-refractivity contribution in [1.29, 1.82) is 0 Å². The lowest BCUT2D eigenvalue weighted by Gasteiger charge is -2.07. The first kappa shape index (κ1) is 29.7. The molecule has 10 nitrogen and oxygen atoms in total. The molecule has 0 bridgehead atoms. The van der Waals surface area contributed by atoms with Crippen molar-refractivity contribution in [2.45, 2.75) is 51.4 Å². The molecule has 0 atom stereocenters. The summed E-state index contributed by atoms with van der Waals surface area (Å²) in [5.74, 6) is -0.982. The van der Waals surface area contributed by atoms with Gasteiger partial charge in [-0.3, -0.25) is 19.2 Å². The minimum absolute atomic E-state index is 0.119. The van der Waals surface area contributed by atoms with E-state index < -0.39 is 5.91 Å². The van der Waals surface area contributed by atoms with E-state index in [1.807, 2.05) is 0 Å². The Balaban J connectivity index is 3.17. The van der Waals surface area contributed by atoms with Gasteiger partial charge < -0.3 is 30.6 Å². The van der Waals surface area contributed by atoms with E-state index in [9.17, 15) is 19.2 Å². The number of nitrogens with one attached hydrogen (secondary N) is 2. The summed E-state index contributed by atoms with van der Waals surface area (Å²) in [6.45, 7) is 4.20. The smallest absolute Gasteiger partial charge is 0.244 e. The number of hydrogen-bond donors (Lipinski definition) is 3. The maximum Gasteiger partial charge on any atom is 0.244 e. The number of rotatable bonds is 23. The molecule has 184 valence electrons. The molecule has 0 aromatic rings. The van der Waals surface area contributed by atoms with Gasteiger partial charge in [-0.1, -0.05) is 0 Å². The lowest BCUT2D eigenvalue weighted by Crippen LogP contribution is -2.33. The lowest BCUT2D eigenvalue weighted by atomic mass is 10.2. The number of hydrogen-bond acceptors (Lipinski definition) is 7. The number of aldehydes is 1. The Labute approximate surface area is 190 Å². The predicted octanol–water partition coefficient (Wildman–Crippen LogP) is 0.630. The summed E-state index contributed by atoms with van der Waals surface area (Å²) in [5, 5.41) is 5.13. The topological polar surface area (TPSA) is 146 Å². The fourth-order valence-electron chi connectivity index (χ4n) is 2.50. The lowest BCUT2D eigenvalue weighted by molar-refractivity contribution is -0.124. The number of nitrogens with two attached hydrogens (primary N) is 1. The number of primary amides is 1. The number of amides is 3. The Morgan fingerprint density at radius 2 is 1.28 bits per heavy atom. The molecule has 32 heavy (non-hydrogen) atoms. The average Bonchev–Trinajstić information content (AvgIpc) is 2.77. The molecule has 0 radical (unpaired) electrons. The standard InChI is InChI=1S/C22H39N3O7/c23-20(27)19-25-22(29)9-2-6-15-32-18-17-31-14-5-1-4-13-30-16-7-3-11-24-21(28)10-8-12-26/h8,10,12H,1-7,9,11,13-19H2,(H2,23,27)(H,24,28)(H,25,29)/b10-8-. The quantitative estimate of drug-likeness (QED) is 0.116. The maximum atomic E-state index is 11.4. The summed E-state index contributed by atoms with van der Waals surface area (Å²) >= 11 is 0. The monoisotopic (exact) mass is 457 g/mol. The van der Waals surface area contributed by atoms with Crippen LogP contribution in [0.15, 0.2) is 12.2 Å². The molecule has 0 aliphatic rings. The van der Waals surface area contributed by atoms with E-state index in [1.54, 1.807) is 0 Å². The van der Waals surface area contributed by atoms with Gasteiger partial charge in [0.1, 0.15) is 6.29 Å². The summed E-state index contributed by atoms with van der Waals surface area (Å²) in [6, 6.07) is 0. The van der Waals surface area contributed by atoms with E-state index in [0.717, 1.165) is 45.1 Å². The van der Waals surface area contributed by atoms with E-state index in [4.69, 9.17) is 19.9 Å². The Hall–Kier alpha value is -2.30. The predicted molar refractivity (Wildman–Crippen MR) is 120 cm³/mol. The van der Waals surface area contributed by atoms with Crippen LogP contribution >= 0.6 is 0 Å². The first-order valence-electron chi connectivity index (χ1n) is 11.2. The van der Waals surface area contributed by atoms with Crippen LogP contribution in [0.25, 0.3) is 0 Å². The first-order valence-corrected chi connectivity index (χ1v) is 11.2. The van der Waals surface area contributed by atoms with Crippen molar-refractivity contribution < 1.29 is 33.4 Å². The van der Waals surface area contributed by atoms with Crippen molar-refractivity contribution >= 4 is 24.0 Å². The Morgan fingerprint density at radius 1 is 0.719 bits per heavy atom. The van der Waals surface area contributed by atoms with Gasteiger partial charge in [0.25, 0.3) is 0 Å². The van der Waals surface area contributed by atoms with Crippen LogP contribution in [0.1, 0.15) is 51.4 Å². The van der Waals surface area contributed by atoms with Gasteiger partial charge in [-0.05, 0) is 51.0 Å². The van der Waals surface area contributed by atoms with Crippen LogP contribution in [-0.4, -0.2) is 76.7 Å². The summed E-state index contributed by atoms with van der Waals surface area (Å²) < 4.78 is 16.5. The third-order valence-electron chi connectivity index (χ3n) is 4.19. The molecule has 0 aliphatic heterocycles. The van der Waals surface area contributed by atoms with Gasteiger partial charge in [-0.25, -0.2) is 0 Å². The molecule has 0 unspecified atom stereocenters. The van der Waals surface area contributed by atoms with E-state index in [-0.39, 0.29) is 18.4 Å². The van der Waals surface area contributed by atoms with Crippen molar-refractivity contribution in [3.8, 4) is 0 Å². The molecule has 0 aliphatic carbocycles. The molecular weight excluding hydrogens is 418 g/mol. The number of carbonyl (C=O) groups excluding carboxylic acids is 4. The normalized spacial score (nSPS) is 10.9. The highest BCUT2D eigenvalue weighted by molar-refractivity contribution is 5.90. The molecule has 4 N–H and O–H groups in total. The number of unbranched alkanes of at least 4 members (excludes halogenated alkanes) is 4. The summed E-state index contributed by atoms with van der Waals surface area (Å²) in [7, 11) is 0. The molecule has 0 saturated carbocycles. The largest absolute Gasteiger partial charge is 0.381 e. The van der Waals surface area contributed by atoms with E-state index in [1.165, 1.54) is 12.2 Å². The Morgan fingerprint density at radius 3 is 1.88 bits per heavy atom. The number of carbonyl (C=O) groups is 4. The molecule has 10 heteroatoms. The molecule has 0 aromatic carbocycles. The van der Waals surface area contributed by atoms with Crippen molar-refractivity contribution in [3.63, 3.8) is 0 Å². The van der Waals surface area contributed by atoms with Crippen molar-refractivity contribution in [3.05, 3.63) is 12.2 Å². The van der Waals surface area contributed by atoms with Crippen LogP contribution in [0.3, 0.4) is 0 Å². The minimum Gasteiger partial charge on any atom is -0.381 e. The van der Waals surface area contributed by atoms with E-state index in [0.29, 0.717) is 58.7 Å². The third-order valence-corrected chi connectivity index (χ3v) is 4.19. The van der Waals surface area contributed by atoms with Crippen LogP contribution in [0.2, 0.25) is 0 Å². The molecule has 0 spiro atoms. The maximum absolute atomic E-state index is 11.4. The third kappa shape index (κ3) is 24.0. The van der Waals surface area contributed by atoms with E-state index in [2.05, 4.69) is 10.6 Å². The molecule has 0 rings (SSSR count). The van der Waals surface area contributed by atoms with Gasteiger partial charge in [-0.2, -0.15) is 0 Å². The van der Waals surface area contributed by atoms with Crippen molar-refractivity contribution in [1.82, 2.24) is 10.6 Å². The second-order valence-corrected chi connectivity index (χ2v) is 7.09. The van der Waals surface area contributed by atoms with Gasteiger partial charge in [0.2, 0.25) is 17.7 Å². The van der Waals surface area contributed by atoms with Gasteiger partial charge in [0.15, 0.2) is 0 Å². The zero-order valence-electron chi connectivity index (χ0n) is 19.0. The van der Waals surface area contributed by atoms with Crippen LogP contribution in [0.5, 0.6) is 0 Å². The van der Waals surface area contributed by atoms with Gasteiger partial charge in [0, 0.05) is 45.5 Å². The van der Waals surface area contributed by atoms with Crippen LogP contribution in [0, 0.1) is 0 Å². The van der Waals surface area contributed by atoms with Gasteiger partial charge in [-0.15, -0.1) is 0 Å². The second-order valence-electron chi connectivity index (χ2n) is 7.09. The highest BCUT2D eigenvalue weighted by atomic mass is 16.5. The number of ether oxygens (including phenoxy) is 3. The molecule has 0 saturated heterocycles. The zero-order chi connectivity index (χ0) is 23.7. The number of allylic oxidation sites excluding steroid dienone is 1. The summed E-state index contributed by atoms with van der Waals surface area (Å²) in [4.78, 5) is 43.2. The van der Waals surface area contributed by atoms with Crippen LogP contribution in [0.4, 0.5) is 0 Å². The van der Waals surface area contributed by atoms with Crippen molar-refractivity contribution in [2.75, 3.05) is 52.7 Å². The molecule has 0 fully saturated rings. The highest BCUT2D eigenvalue weighted by Crippen LogP contribution is 1.99. The molecule has 0 heterocycles. The Kier molecular flexibility index (Phi) is 21.7. The molecule has 0 aromatic heterocycles. The first-order chi connectivity index (χ1) is 15.6. The van der Waals surface area contributed by atoms with Gasteiger partial charge in [0.05, 0.1) is 19.8 Å². The fourth-order valence-corrected chi connectivity index (χ4v) is 2.50. The second kappa shape index (κ2) is 23.4. The average molecular weight is 458 g/mol. The summed E-state index contributed by atoms with van der Waals surface area (Å²) in [5.41, 5.74) is 4.95. The van der Waals surface area contributed by atoms with Gasteiger partial charge >= 0.3 is 0 Å². The molecular formula is C22H39N3O7. The minimum atomic E-state index is -0.548. The highest BCUT2D eigenvalue weighted by Gasteiger charge is 2.02. The summed E-state index contributed by atoms with van der Waals surface area (Å²) in [6.07, 6.45) is 9.50. The van der Waals surface area contributed by atoms with E-state index >= 15 is 0 Å².